The molecule has 12 aromatic carbocycles. The number of benzene rings is 12. The number of allylic oxidation sites excluding steroid dienone is 11. The molecule has 4 aliphatic carbocycles. The van der Waals surface area contributed by atoms with Crippen LogP contribution in [0.1, 0.15) is 55.4 Å². The molecule has 83 heavy (non-hydrogen) atoms. The highest BCUT2D eigenvalue weighted by atomic mass is 15.2. The number of anilines is 5. The molecule has 1 atom stereocenters. The van der Waals surface area contributed by atoms with Crippen LogP contribution in [0, 0.1) is 5.92 Å². The summed E-state index contributed by atoms with van der Waals surface area (Å²) < 4.78 is 0. The Hall–Kier alpha value is -10.0. The van der Waals surface area contributed by atoms with E-state index in [-0.39, 0.29) is 5.41 Å². The van der Waals surface area contributed by atoms with Gasteiger partial charge in [0, 0.05) is 45.5 Å². The third kappa shape index (κ3) is 8.31. The lowest BCUT2D eigenvalue weighted by atomic mass is 9.80. The van der Waals surface area contributed by atoms with Crippen LogP contribution in [0.5, 0.6) is 0 Å². The van der Waals surface area contributed by atoms with Crippen molar-refractivity contribution in [1.29, 1.82) is 0 Å². The van der Waals surface area contributed by atoms with Gasteiger partial charge in [0.1, 0.15) is 0 Å². The lowest BCUT2D eigenvalue weighted by Crippen LogP contribution is -2.19. The molecule has 0 heterocycles. The molecular formula is C81H60N2. The molecule has 0 spiro atoms. The molecule has 0 fully saturated rings. The molecule has 12 aromatic rings. The van der Waals surface area contributed by atoms with E-state index in [1.165, 1.54) is 121 Å². The molecule has 0 bridgehead atoms. The minimum Gasteiger partial charge on any atom is -0.311 e. The summed E-state index contributed by atoms with van der Waals surface area (Å²) in [6.45, 7) is 4.77. The second kappa shape index (κ2) is 19.6. The Labute approximate surface area is 485 Å². The van der Waals surface area contributed by atoms with Crippen LogP contribution in [0.2, 0.25) is 0 Å². The van der Waals surface area contributed by atoms with Gasteiger partial charge in [-0.1, -0.05) is 226 Å². The van der Waals surface area contributed by atoms with Crippen molar-refractivity contribution in [2.45, 2.75) is 38.5 Å². The fourth-order valence-corrected chi connectivity index (χ4v) is 14.2. The van der Waals surface area contributed by atoms with E-state index in [0.29, 0.717) is 5.92 Å². The van der Waals surface area contributed by atoms with Gasteiger partial charge in [-0.25, -0.2) is 0 Å². The van der Waals surface area contributed by atoms with Crippen LogP contribution in [0.15, 0.2) is 296 Å². The molecule has 1 unspecified atom stereocenters. The van der Waals surface area contributed by atoms with Crippen molar-refractivity contribution in [1.82, 2.24) is 0 Å². The van der Waals surface area contributed by atoms with E-state index in [1.807, 2.05) is 0 Å². The summed E-state index contributed by atoms with van der Waals surface area (Å²) in [5.41, 5.74) is 21.4. The first-order valence-corrected chi connectivity index (χ1v) is 29.5. The van der Waals surface area contributed by atoms with Gasteiger partial charge in [-0.05, 0) is 207 Å². The molecule has 0 radical (unpaired) electrons. The van der Waals surface area contributed by atoms with E-state index in [0.717, 1.165) is 47.7 Å². The van der Waals surface area contributed by atoms with Crippen molar-refractivity contribution >= 4 is 93.4 Å². The van der Waals surface area contributed by atoms with Crippen molar-refractivity contribution in [2.75, 3.05) is 9.80 Å². The molecule has 0 saturated heterocycles. The van der Waals surface area contributed by atoms with Gasteiger partial charge in [0.25, 0.3) is 0 Å². The first-order valence-electron chi connectivity index (χ1n) is 29.5. The SMILES string of the molecule is CC1(C)c2ccccc2-c2ccc(C3=CC=C(c4c5cc(N(c6ccc7ccccc7c6)c6ccc7ccccc7c6)ccc5c(-c5ccccc5)c5cc(N(C6=CCC7C=CC=CC7=C6)c6ccc7ccccc7c6)ccc45)CC3)cc21. The maximum Gasteiger partial charge on any atom is 0.0468 e. The maximum atomic E-state index is 2.50. The molecule has 16 rings (SSSR count). The Kier molecular flexibility index (Phi) is 11.5. The summed E-state index contributed by atoms with van der Waals surface area (Å²) in [6, 6.07) is 88.8. The van der Waals surface area contributed by atoms with E-state index in [1.54, 1.807) is 0 Å². The van der Waals surface area contributed by atoms with Crippen molar-refractivity contribution in [3.63, 3.8) is 0 Å². The van der Waals surface area contributed by atoms with E-state index in [9.17, 15) is 0 Å². The van der Waals surface area contributed by atoms with E-state index >= 15 is 0 Å². The maximum absolute atomic E-state index is 2.50. The van der Waals surface area contributed by atoms with Crippen LogP contribution in [0.3, 0.4) is 0 Å². The van der Waals surface area contributed by atoms with Crippen LogP contribution in [0.25, 0.3) is 87.3 Å². The third-order valence-electron chi connectivity index (χ3n) is 18.4. The largest absolute Gasteiger partial charge is 0.311 e. The van der Waals surface area contributed by atoms with Crippen LogP contribution in [-0.4, -0.2) is 0 Å². The van der Waals surface area contributed by atoms with Crippen molar-refractivity contribution in [3.05, 3.63) is 319 Å². The Morgan fingerprint density at radius 3 is 1.55 bits per heavy atom. The lowest BCUT2D eigenvalue weighted by molar-refractivity contribution is 0.660. The molecule has 0 aliphatic heterocycles. The number of nitrogens with zero attached hydrogens (tertiary/aromatic N) is 2. The quantitative estimate of drug-likeness (QED) is 0.133. The number of fused-ring (bicyclic) bond motifs is 9. The minimum atomic E-state index is -0.0679. The molecule has 0 N–H and O–H groups in total. The predicted molar refractivity (Wildman–Crippen MR) is 354 cm³/mol. The van der Waals surface area contributed by atoms with Gasteiger partial charge >= 0.3 is 0 Å². The van der Waals surface area contributed by atoms with Gasteiger partial charge < -0.3 is 9.80 Å². The fraction of sp³-hybridized carbons (Fsp3) is 0.0864. The average Bonchev–Trinajstić information content (AvgIpc) is 3.27. The third-order valence-corrected chi connectivity index (χ3v) is 18.4. The standard InChI is InChI=1S/C81H60N2/c1-81(2)77-27-15-14-26-71(77)72-43-36-64(50-78(72)81)57-28-30-59(31-29-57)80-74-45-42-69(82(65-37-32-53-16-6-10-22-60(53)46-65)66-38-33-54-17-7-11-23-61(54)47-66)51-75(74)79(58-20-4-3-5-21-58)73-44-41-70(52-76(73)80)83(67-39-34-55-18-8-12-24-62(55)48-67)68-40-35-56-19-9-13-25-63(56)49-68/h3-28,30,32,34-52,54H,29,31,33H2,1-2H3. The summed E-state index contributed by atoms with van der Waals surface area (Å²) in [4.78, 5) is 4.97. The molecule has 394 valence electrons. The van der Waals surface area contributed by atoms with Gasteiger partial charge in [-0.2, -0.15) is 0 Å². The molecule has 0 amide bonds. The number of hydrogen-bond donors (Lipinski definition) is 0. The van der Waals surface area contributed by atoms with Crippen molar-refractivity contribution < 1.29 is 0 Å². The van der Waals surface area contributed by atoms with Gasteiger partial charge in [-0.15, -0.1) is 0 Å². The molecule has 4 aliphatic rings. The topological polar surface area (TPSA) is 6.48 Å². The summed E-state index contributed by atoms with van der Waals surface area (Å²) in [5.74, 6) is 0.380. The Bertz CT molecular complexity index is 4790. The smallest absolute Gasteiger partial charge is 0.0468 e. The second-order valence-electron chi connectivity index (χ2n) is 23.5. The Morgan fingerprint density at radius 2 is 0.904 bits per heavy atom. The Balaban J connectivity index is 0.940. The molecular weight excluding hydrogens is 1000 g/mol. The zero-order valence-electron chi connectivity index (χ0n) is 46.7. The van der Waals surface area contributed by atoms with Crippen molar-refractivity contribution in [2.24, 2.45) is 5.92 Å². The van der Waals surface area contributed by atoms with Crippen molar-refractivity contribution in [3.8, 4) is 22.3 Å². The van der Waals surface area contributed by atoms with Crippen LogP contribution in [0.4, 0.5) is 28.4 Å². The zero-order valence-corrected chi connectivity index (χ0v) is 46.7. The summed E-state index contributed by atoms with van der Waals surface area (Å²) >= 11 is 0. The molecule has 2 heteroatoms. The highest BCUT2D eigenvalue weighted by Gasteiger charge is 2.35. The molecule has 0 saturated carbocycles. The van der Waals surface area contributed by atoms with Gasteiger partial charge in [0.05, 0.1) is 0 Å². The highest BCUT2D eigenvalue weighted by Crippen LogP contribution is 2.52. The van der Waals surface area contributed by atoms with E-state index in [4.69, 9.17) is 0 Å². The lowest BCUT2D eigenvalue weighted by Gasteiger charge is -2.32. The average molecular weight is 1060 g/mol. The zero-order chi connectivity index (χ0) is 55.2. The highest BCUT2D eigenvalue weighted by molar-refractivity contribution is 6.20. The minimum absolute atomic E-state index is 0.0679. The first-order chi connectivity index (χ1) is 40.9. The van der Waals surface area contributed by atoms with Crippen LogP contribution < -0.4 is 9.80 Å². The van der Waals surface area contributed by atoms with Crippen LogP contribution >= 0.6 is 0 Å². The number of hydrogen-bond acceptors (Lipinski definition) is 2. The van der Waals surface area contributed by atoms with Gasteiger partial charge in [-0.3, -0.25) is 0 Å². The monoisotopic (exact) mass is 1060 g/mol. The second-order valence-corrected chi connectivity index (χ2v) is 23.5. The Morgan fingerprint density at radius 1 is 0.386 bits per heavy atom. The van der Waals surface area contributed by atoms with Crippen LogP contribution in [-0.2, 0) is 5.41 Å². The van der Waals surface area contributed by atoms with Gasteiger partial charge in [0.2, 0.25) is 0 Å². The predicted octanol–water partition coefficient (Wildman–Crippen LogP) is 22.3. The first kappa shape index (κ1) is 48.8. The van der Waals surface area contributed by atoms with E-state index in [2.05, 4.69) is 309 Å². The molecule has 2 nitrogen and oxygen atoms in total. The summed E-state index contributed by atoms with van der Waals surface area (Å²) in [7, 11) is 0. The van der Waals surface area contributed by atoms with E-state index < -0.39 is 0 Å². The normalized spacial score (nSPS) is 15.9. The summed E-state index contributed by atoms with van der Waals surface area (Å²) in [5, 5.41) is 12.3. The number of rotatable bonds is 9. The fourth-order valence-electron chi connectivity index (χ4n) is 14.2. The summed E-state index contributed by atoms with van der Waals surface area (Å²) in [6.07, 6.45) is 21.5. The molecule has 0 aromatic heterocycles. The van der Waals surface area contributed by atoms with Gasteiger partial charge in [0.15, 0.2) is 0 Å².